The zero-order valence-corrected chi connectivity index (χ0v) is 16.8. The molecule has 0 saturated heterocycles. The molecule has 2 aromatic rings. The van der Waals surface area contributed by atoms with E-state index in [0.29, 0.717) is 8.58 Å². The van der Waals surface area contributed by atoms with Crippen LogP contribution in [-0.4, -0.2) is 13.9 Å². The third-order valence-corrected chi connectivity index (χ3v) is 6.84. The minimum atomic E-state index is -0.151. The van der Waals surface area contributed by atoms with Gasteiger partial charge in [-0.15, -0.1) is 0 Å². The van der Waals surface area contributed by atoms with Gasteiger partial charge in [0.15, 0.2) is 6.79 Å². The van der Waals surface area contributed by atoms with Crippen LogP contribution in [0.15, 0.2) is 36.4 Å². The highest BCUT2D eigenvalue weighted by Crippen LogP contribution is 2.51. The monoisotopic (exact) mass is 362 g/mol. The summed E-state index contributed by atoms with van der Waals surface area (Å²) in [7, 11) is 1.96. The number of rotatable bonds is 8. The van der Waals surface area contributed by atoms with E-state index in [1.54, 1.807) is 19.2 Å². The standard InChI is InChI=1S/C21H28FO2P/c1-6-21(7-2,25-19-11-9-8-10-18(19)22)17-13-15(3)12-16(4)20(17)24-14-23-5/h8-13,25H,6-7,14H2,1-5H3. The molecule has 1 unspecified atom stereocenters. The average Bonchev–Trinajstić information content (AvgIpc) is 2.60. The molecule has 0 aliphatic heterocycles. The van der Waals surface area contributed by atoms with Gasteiger partial charge in [-0.05, 0) is 38.3 Å². The smallest absolute Gasteiger partial charge is 0.188 e. The fourth-order valence-electron chi connectivity index (χ4n) is 3.31. The number of hydrogen-bond donors (Lipinski definition) is 0. The minimum Gasteiger partial charge on any atom is -0.467 e. The van der Waals surface area contributed by atoms with Crippen LogP contribution in [0.3, 0.4) is 0 Å². The summed E-state index contributed by atoms with van der Waals surface area (Å²) in [5.41, 5.74) is 3.45. The molecule has 0 spiro atoms. The maximum atomic E-state index is 14.3. The van der Waals surface area contributed by atoms with Gasteiger partial charge in [0.2, 0.25) is 0 Å². The molecule has 0 heterocycles. The second-order valence-electron chi connectivity index (χ2n) is 6.40. The molecule has 0 aromatic heterocycles. The molecule has 0 aliphatic carbocycles. The van der Waals surface area contributed by atoms with Crippen LogP contribution < -0.4 is 10.0 Å². The molecule has 2 nitrogen and oxygen atoms in total. The van der Waals surface area contributed by atoms with Crippen LogP contribution >= 0.6 is 8.58 Å². The maximum absolute atomic E-state index is 14.3. The van der Waals surface area contributed by atoms with E-state index in [0.717, 1.165) is 35.0 Å². The number of aryl methyl sites for hydroxylation is 2. The third kappa shape index (κ3) is 4.40. The van der Waals surface area contributed by atoms with Crippen molar-refractivity contribution in [2.24, 2.45) is 0 Å². The molecule has 0 saturated carbocycles. The Labute approximate surface area is 152 Å². The molecular formula is C21H28FO2P. The van der Waals surface area contributed by atoms with E-state index in [-0.39, 0.29) is 17.8 Å². The van der Waals surface area contributed by atoms with Gasteiger partial charge in [-0.2, -0.15) is 0 Å². The number of methoxy groups -OCH3 is 1. The van der Waals surface area contributed by atoms with Gasteiger partial charge < -0.3 is 9.47 Å². The van der Waals surface area contributed by atoms with Crippen LogP contribution in [0.5, 0.6) is 5.75 Å². The lowest BCUT2D eigenvalue weighted by molar-refractivity contribution is 0.0494. The molecule has 1 atom stereocenters. The predicted molar refractivity (Wildman–Crippen MR) is 105 cm³/mol. The molecule has 25 heavy (non-hydrogen) atoms. The largest absolute Gasteiger partial charge is 0.467 e. The molecule has 0 bridgehead atoms. The predicted octanol–water partition coefficient (Wildman–Crippen LogP) is 5.44. The van der Waals surface area contributed by atoms with Crippen molar-refractivity contribution in [2.75, 3.05) is 13.9 Å². The van der Waals surface area contributed by atoms with Crippen LogP contribution in [0.25, 0.3) is 0 Å². The Morgan fingerprint density at radius 2 is 1.76 bits per heavy atom. The van der Waals surface area contributed by atoms with Crippen LogP contribution in [-0.2, 0) is 9.89 Å². The summed E-state index contributed by atoms with van der Waals surface area (Å²) in [5, 5.41) is 0.630. The molecule has 2 aromatic carbocycles. The lowest BCUT2D eigenvalue weighted by atomic mass is 9.89. The SMILES string of the molecule is CCC(CC)(Pc1ccccc1F)c1cc(C)cc(C)c1OCOC. The second kappa shape index (κ2) is 8.78. The molecule has 0 aliphatic rings. The Kier molecular flexibility index (Phi) is 6.98. The zero-order chi connectivity index (χ0) is 18.4. The van der Waals surface area contributed by atoms with E-state index in [1.807, 2.05) is 12.1 Å². The van der Waals surface area contributed by atoms with Crippen molar-refractivity contribution in [3.63, 3.8) is 0 Å². The summed E-state index contributed by atoms with van der Waals surface area (Å²) < 4.78 is 25.4. The minimum absolute atomic E-state index is 0.129. The van der Waals surface area contributed by atoms with E-state index >= 15 is 0 Å². The Morgan fingerprint density at radius 1 is 1.08 bits per heavy atom. The van der Waals surface area contributed by atoms with Crippen LogP contribution in [0, 0.1) is 19.7 Å². The van der Waals surface area contributed by atoms with E-state index in [9.17, 15) is 4.39 Å². The third-order valence-electron chi connectivity index (χ3n) is 4.71. The van der Waals surface area contributed by atoms with Crippen molar-refractivity contribution in [1.29, 1.82) is 0 Å². The quantitative estimate of drug-likeness (QED) is 0.460. The van der Waals surface area contributed by atoms with E-state index in [4.69, 9.17) is 9.47 Å². The van der Waals surface area contributed by atoms with Gasteiger partial charge in [0.05, 0.1) is 0 Å². The molecule has 0 fully saturated rings. The lowest BCUT2D eigenvalue weighted by Crippen LogP contribution is -2.24. The van der Waals surface area contributed by atoms with Crippen LogP contribution in [0.2, 0.25) is 0 Å². The first-order valence-electron chi connectivity index (χ1n) is 8.73. The topological polar surface area (TPSA) is 18.5 Å². The zero-order valence-electron chi connectivity index (χ0n) is 15.8. The van der Waals surface area contributed by atoms with Gasteiger partial charge in [0.25, 0.3) is 0 Å². The number of hydrogen-bond acceptors (Lipinski definition) is 2. The van der Waals surface area contributed by atoms with Crippen molar-refractivity contribution in [3.05, 3.63) is 58.9 Å². The van der Waals surface area contributed by atoms with Gasteiger partial charge in [-0.3, -0.25) is 0 Å². The Balaban J connectivity index is 2.57. The van der Waals surface area contributed by atoms with Crippen LogP contribution in [0.4, 0.5) is 4.39 Å². The lowest BCUT2D eigenvalue weighted by Gasteiger charge is -2.35. The van der Waals surface area contributed by atoms with Crippen LogP contribution in [0.1, 0.15) is 43.4 Å². The van der Waals surface area contributed by atoms with Gasteiger partial charge in [-0.1, -0.05) is 58.3 Å². The highest BCUT2D eigenvalue weighted by Gasteiger charge is 2.33. The number of halogens is 1. The number of benzene rings is 2. The van der Waals surface area contributed by atoms with Gasteiger partial charge in [0, 0.05) is 23.1 Å². The second-order valence-corrected chi connectivity index (χ2v) is 8.15. The highest BCUT2D eigenvalue weighted by molar-refractivity contribution is 7.48. The summed E-state index contributed by atoms with van der Waals surface area (Å²) >= 11 is 0. The van der Waals surface area contributed by atoms with Crippen molar-refractivity contribution in [2.45, 2.75) is 45.7 Å². The average molecular weight is 362 g/mol. The van der Waals surface area contributed by atoms with Gasteiger partial charge in [-0.25, -0.2) is 4.39 Å². The highest BCUT2D eigenvalue weighted by atomic mass is 31.1. The van der Waals surface area contributed by atoms with Gasteiger partial charge >= 0.3 is 0 Å². The van der Waals surface area contributed by atoms with Crippen molar-refractivity contribution in [3.8, 4) is 5.75 Å². The Hall–Kier alpha value is -1.44. The summed E-state index contributed by atoms with van der Waals surface area (Å²) in [5.74, 6) is 0.746. The molecule has 0 amide bonds. The normalized spacial score (nSPS) is 12.1. The molecule has 0 N–H and O–H groups in total. The Bertz CT molecular complexity index is 711. The molecule has 4 heteroatoms. The van der Waals surface area contributed by atoms with Gasteiger partial charge in [0.1, 0.15) is 11.6 Å². The van der Waals surface area contributed by atoms with E-state index < -0.39 is 0 Å². The Morgan fingerprint density at radius 3 is 2.36 bits per heavy atom. The summed E-state index contributed by atoms with van der Waals surface area (Å²) in [6.45, 7) is 8.72. The first kappa shape index (κ1) is 19.9. The molecule has 2 rings (SSSR count). The maximum Gasteiger partial charge on any atom is 0.188 e. The van der Waals surface area contributed by atoms with Crippen molar-refractivity contribution in [1.82, 2.24) is 0 Å². The summed E-state index contributed by atoms with van der Waals surface area (Å²) in [4.78, 5) is 0. The van der Waals surface area contributed by atoms with Crippen molar-refractivity contribution >= 4 is 13.9 Å². The molecular weight excluding hydrogens is 334 g/mol. The van der Waals surface area contributed by atoms with E-state index in [2.05, 4.69) is 39.8 Å². The molecule has 0 radical (unpaired) electrons. The summed E-state index contributed by atoms with van der Waals surface area (Å²) in [6.07, 6.45) is 1.84. The fraction of sp³-hybridized carbons (Fsp3) is 0.429. The number of ether oxygens (including phenoxy) is 2. The summed E-state index contributed by atoms with van der Waals surface area (Å²) in [6, 6.07) is 11.4. The first-order valence-corrected chi connectivity index (χ1v) is 9.73. The first-order chi connectivity index (χ1) is 12.0. The molecule has 136 valence electrons. The van der Waals surface area contributed by atoms with E-state index in [1.165, 1.54) is 5.56 Å². The van der Waals surface area contributed by atoms with Crippen molar-refractivity contribution < 1.29 is 13.9 Å². The fourth-order valence-corrected chi connectivity index (χ4v) is 4.89.